The van der Waals surface area contributed by atoms with Gasteiger partial charge in [-0.1, -0.05) is 12.1 Å². The lowest BCUT2D eigenvalue weighted by Gasteiger charge is -2.03. The fourth-order valence-electron chi connectivity index (χ4n) is 1.92. The molecule has 1 aromatic carbocycles. The number of pyridine rings is 1. The fraction of sp³-hybridized carbons (Fsp3) is 0.0714. The molecule has 0 saturated heterocycles. The predicted molar refractivity (Wildman–Crippen MR) is 72.6 cm³/mol. The van der Waals surface area contributed by atoms with Crippen LogP contribution in [0.25, 0.3) is 11.0 Å². The molecule has 0 saturated carbocycles. The second-order valence-electron chi connectivity index (χ2n) is 4.32. The number of benzene rings is 1. The Morgan fingerprint density at radius 1 is 1.25 bits per heavy atom. The number of fused-ring (bicyclic) bond motifs is 1. The van der Waals surface area contributed by atoms with Gasteiger partial charge in [-0.15, -0.1) is 0 Å². The Labute approximate surface area is 113 Å². The Balaban J connectivity index is 1.74. The molecule has 2 N–H and O–H groups in total. The molecule has 0 unspecified atom stereocenters. The van der Waals surface area contributed by atoms with Gasteiger partial charge in [-0.25, -0.2) is 9.37 Å². The molecule has 5 nitrogen and oxygen atoms in total. The minimum atomic E-state index is -0.320. The average Bonchev–Trinajstić information content (AvgIpc) is 2.85. The predicted octanol–water partition coefficient (Wildman–Crippen LogP) is 2.28. The van der Waals surface area contributed by atoms with Crippen LogP contribution in [0.4, 0.5) is 10.2 Å². The number of hydrogen-bond acceptors (Lipinski definition) is 3. The number of carbonyl (C=O) groups is 1. The van der Waals surface area contributed by atoms with Crippen LogP contribution in [-0.2, 0) is 11.2 Å². The number of nitrogens with one attached hydrogen (secondary N) is 2. The van der Waals surface area contributed by atoms with Crippen molar-refractivity contribution in [2.45, 2.75) is 6.42 Å². The highest BCUT2D eigenvalue weighted by Crippen LogP contribution is 2.17. The van der Waals surface area contributed by atoms with E-state index < -0.39 is 0 Å². The normalized spacial score (nSPS) is 10.7. The van der Waals surface area contributed by atoms with Crippen molar-refractivity contribution in [3.8, 4) is 0 Å². The van der Waals surface area contributed by atoms with Gasteiger partial charge in [-0.2, -0.15) is 5.10 Å². The summed E-state index contributed by atoms with van der Waals surface area (Å²) in [5.74, 6) is -0.00832. The van der Waals surface area contributed by atoms with Crippen molar-refractivity contribution < 1.29 is 9.18 Å². The Morgan fingerprint density at radius 3 is 2.85 bits per heavy atom. The maximum absolute atomic E-state index is 12.8. The van der Waals surface area contributed by atoms with Crippen molar-refractivity contribution >= 4 is 22.8 Å². The van der Waals surface area contributed by atoms with Crippen molar-refractivity contribution in [1.82, 2.24) is 15.2 Å². The number of anilines is 1. The van der Waals surface area contributed by atoms with Crippen LogP contribution in [0, 0.1) is 5.82 Å². The summed E-state index contributed by atoms with van der Waals surface area (Å²) in [4.78, 5) is 16.0. The van der Waals surface area contributed by atoms with Crippen LogP contribution >= 0.6 is 0 Å². The quantitative estimate of drug-likeness (QED) is 0.767. The molecule has 100 valence electrons. The van der Waals surface area contributed by atoms with E-state index in [2.05, 4.69) is 20.5 Å². The molecule has 20 heavy (non-hydrogen) atoms. The molecule has 0 aliphatic rings. The maximum Gasteiger partial charge on any atom is 0.229 e. The fourth-order valence-corrected chi connectivity index (χ4v) is 1.92. The zero-order valence-corrected chi connectivity index (χ0v) is 10.4. The Kier molecular flexibility index (Phi) is 3.12. The van der Waals surface area contributed by atoms with Crippen molar-refractivity contribution in [3.63, 3.8) is 0 Å². The zero-order valence-electron chi connectivity index (χ0n) is 10.4. The van der Waals surface area contributed by atoms with Crippen molar-refractivity contribution in [2.75, 3.05) is 5.32 Å². The van der Waals surface area contributed by atoms with Crippen molar-refractivity contribution in [1.29, 1.82) is 0 Å². The van der Waals surface area contributed by atoms with Crippen LogP contribution in [0.15, 0.2) is 42.6 Å². The molecule has 2 aromatic heterocycles. The molecule has 3 aromatic rings. The molecule has 3 rings (SSSR count). The van der Waals surface area contributed by atoms with Crippen LogP contribution in [-0.4, -0.2) is 21.1 Å². The van der Waals surface area contributed by atoms with Crippen LogP contribution < -0.4 is 5.32 Å². The molecule has 0 spiro atoms. The molecule has 0 aliphatic carbocycles. The van der Waals surface area contributed by atoms with Crippen LogP contribution in [0.2, 0.25) is 0 Å². The van der Waals surface area contributed by atoms with E-state index in [1.165, 1.54) is 12.1 Å². The van der Waals surface area contributed by atoms with Gasteiger partial charge in [0.1, 0.15) is 11.6 Å². The first-order valence-corrected chi connectivity index (χ1v) is 6.06. The number of H-pyrrole nitrogens is 1. The van der Waals surface area contributed by atoms with E-state index in [0.717, 1.165) is 10.9 Å². The van der Waals surface area contributed by atoms with Gasteiger partial charge in [-0.05, 0) is 29.8 Å². The molecule has 0 fully saturated rings. The molecule has 2 heterocycles. The Morgan fingerprint density at radius 2 is 2.05 bits per heavy atom. The molecule has 0 aliphatic heterocycles. The number of nitrogens with zero attached hydrogens (tertiary/aromatic N) is 2. The highest BCUT2D eigenvalue weighted by molar-refractivity contribution is 5.99. The lowest BCUT2D eigenvalue weighted by Crippen LogP contribution is -2.14. The van der Waals surface area contributed by atoms with Gasteiger partial charge in [0.25, 0.3) is 0 Å². The molecular formula is C14H11FN4O. The first kappa shape index (κ1) is 12.3. The van der Waals surface area contributed by atoms with E-state index in [1.807, 2.05) is 6.07 Å². The summed E-state index contributed by atoms with van der Waals surface area (Å²) in [6.07, 6.45) is 1.80. The summed E-state index contributed by atoms with van der Waals surface area (Å²) in [5.41, 5.74) is 1.29. The zero-order chi connectivity index (χ0) is 13.9. The second kappa shape index (κ2) is 5.08. The minimum absolute atomic E-state index is 0.168. The van der Waals surface area contributed by atoms with E-state index in [4.69, 9.17) is 0 Å². The number of halogens is 1. The minimum Gasteiger partial charge on any atom is -0.310 e. The van der Waals surface area contributed by atoms with Gasteiger partial charge in [0.15, 0.2) is 5.65 Å². The monoisotopic (exact) mass is 270 g/mol. The van der Waals surface area contributed by atoms with Crippen LogP contribution in [0.5, 0.6) is 0 Å². The SMILES string of the molecule is O=C(Cc1ccc(F)cc1)Nc1[nH]nc2ncccc12. The van der Waals surface area contributed by atoms with Gasteiger partial charge in [0.2, 0.25) is 5.91 Å². The first-order valence-electron chi connectivity index (χ1n) is 6.06. The molecule has 0 radical (unpaired) electrons. The number of aromatic amines is 1. The van der Waals surface area contributed by atoms with Crippen molar-refractivity contribution in [2.24, 2.45) is 0 Å². The summed E-state index contributed by atoms with van der Waals surface area (Å²) in [6, 6.07) is 9.42. The lowest BCUT2D eigenvalue weighted by molar-refractivity contribution is -0.115. The molecule has 6 heteroatoms. The summed E-state index contributed by atoms with van der Waals surface area (Å²) in [5, 5.41) is 10.2. The molecule has 0 bridgehead atoms. The maximum atomic E-state index is 12.8. The van der Waals surface area contributed by atoms with Gasteiger partial charge in [0, 0.05) is 6.20 Å². The van der Waals surface area contributed by atoms with Crippen LogP contribution in [0.3, 0.4) is 0 Å². The Hall–Kier alpha value is -2.76. The summed E-state index contributed by atoms with van der Waals surface area (Å²) < 4.78 is 12.8. The highest BCUT2D eigenvalue weighted by atomic mass is 19.1. The first-order chi connectivity index (χ1) is 9.72. The van der Waals surface area contributed by atoms with E-state index >= 15 is 0 Å². The van der Waals surface area contributed by atoms with Crippen LogP contribution in [0.1, 0.15) is 5.56 Å². The van der Waals surface area contributed by atoms with Gasteiger partial charge >= 0.3 is 0 Å². The van der Waals surface area contributed by atoms with Gasteiger partial charge in [0.05, 0.1) is 11.8 Å². The molecule has 1 amide bonds. The third-order valence-corrected chi connectivity index (χ3v) is 2.87. The second-order valence-corrected chi connectivity index (χ2v) is 4.32. The van der Waals surface area contributed by atoms with E-state index in [9.17, 15) is 9.18 Å². The lowest BCUT2D eigenvalue weighted by atomic mass is 10.1. The summed E-state index contributed by atoms with van der Waals surface area (Å²) in [6.45, 7) is 0. The highest BCUT2D eigenvalue weighted by Gasteiger charge is 2.09. The summed E-state index contributed by atoms with van der Waals surface area (Å²) in [7, 11) is 0. The third kappa shape index (κ3) is 2.49. The number of carbonyl (C=O) groups excluding carboxylic acids is 1. The Bertz CT molecular complexity index is 751. The number of hydrogen-bond donors (Lipinski definition) is 2. The molecule has 0 atom stereocenters. The number of aromatic nitrogens is 3. The standard InChI is InChI=1S/C14H11FN4O/c15-10-5-3-9(4-6-10)8-12(20)17-14-11-2-1-7-16-13(11)18-19-14/h1-7H,8H2,(H2,16,17,18,19,20). The van der Waals surface area contributed by atoms with E-state index in [-0.39, 0.29) is 18.1 Å². The summed E-state index contributed by atoms with van der Waals surface area (Å²) >= 11 is 0. The molecular weight excluding hydrogens is 259 g/mol. The number of rotatable bonds is 3. The van der Waals surface area contributed by atoms with E-state index in [1.54, 1.807) is 24.4 Å². The average molecular weight is 270 g/mol. The largest absolute Gasteiger partial charge is 0.310 e. The number of amides is 1. The topological polar surface area (TPSA) is 70.7 Å². The van der Waals surface area contributed by atoms with E-state index in [0.29, 0.717) is 11.5 Å². The van der Waals surface area contributed by atoms with Crippen molar-refractivity contribution in [3.05, 3.63) is 54.0 Å². The smallest absolute Gasteiger partial charge is 0.229 e. The van der Waals surface area contributed by atoms with Gasteiger partial charge < -0.3 is 5.32 Å². The third-order valence-electron chi connectivity index (χ3n) is 2.87. The van der Waals surface area contributed by atoms with Gasteiger partial charge in [-0.3, -0.25) is 9.89 Å².